The van der Waals surface area contributed by atoms with E-state index in [1.165, 1.54) is 6.42 Å². The fourth-order valence-corrected chi connectivity index (χ4v) is 2.93. The van der Waals surface area contributed by atoms with Gasteiger partial charge >= 0.3 is 0 Å². The number of likely N-dealkylation sites (tertiary alicyclic amines) is 1. The average molecular weight is 260 g/mol. The van der Waals surface area contributed by atoms with E-state index in [1.807, 2.05) is 30.0 Å². The number of hydrogen-bond donors (Lipinski definition) is 1. The highest BCUT2D eigenvalue weighted by molar-refractivity contribution is 5.99. The Hall–Kier alpha value is -1.51. The van der Waals surface area contributed by atoms with Gasteiger partial charge in [0.1, 0.15) is 0 Å². The lowest BCUT2D eigenvalue weighted by Crippen LogP contribution is -2.43. The molecule has 3 nitrogen and oxygen atoms in total. The van der Waals surface area contributed by atoms with Gasteiger partial charge in [0.15, 0.2) is 0 Å². The minimum Gasteiger partial charge on any atom is -0.398 e. The second kappa shape index (κ2) is 6.09. The highest BCUT2D eigenvalue weighted by Crippen LogP contribution is 2.25. The van der Waals surface area contributed by atoms with Gasteiger partial charge in [0.25, 0.3) is 5.91 Å². The van der Waals surface area contributed by atoms with Crippen molar-refractivity contribution in [3.05, 3.63) is 29.3 Å². The van der Waals surface area contributed by atoms with Crippen LogP contribution in [0.25, 0.3) is 0 Å². The van der Waals surface area contributed by atoms with Crippen molar-refractivity contribution >= 4 is 11.6 Å². The normalized spacial score (nSPS) is 19.5. The monoisotopic (exact) mass is 260 g/mol. The Morgan fingerprint density at radius 3 is 2.89 bits per heavy atom. The van der Waals surface area contributed by atoms with Gasteiger partial charge in [-0.3, -0.25) is 4.79 Å². The molecule has 19 heavy (non-hydrogen) atoms. The van der Waals surface area contributed by atoms with Crippen LogP contribution in [0.4, 0.5) is 5.69 Å². The average Bonchev–Trinajstić information content (AvgIpc) is 2.39. The smallest absolute Gasteiger partial charge is 0.256 e. The lowest BCUT2D eigenvalue weighted by Gasteiger charge is -2.36. The number of nitrogens with zero attached hydrogens (tertiary/aromatic N) is 1. The molecule has 1 saturated heterocycles. The van der Waals surface area contributed by atoms with Gasteiger partial charge in [-0.15, -0.1) is 0 Å². The third-order valence-electron chi connectivity index (χ3n) is 3.95. The standard InChI is InChI=1S/C16H24N2O/c1-3-6-13-7-4-5-10-18(13)16(19)14-9-8-12(2)11-15(14)17/h8-9,11,13H,3-7,10,17H2,1-2H3. The van der Waals surface area contributed by atoms with Gasteiger partial charge in [-0.1, -0.05) is 19.4 Å². The van der Waals surface area contributed by atoms with Crippen molar-refractivity contribution in [3.63, 3.8) is 0 Å². The number of aryl methyl sites for hydroxylation is 1. The van der Waals surface area contributed by atoms with Gasteiger partial charge in [0.2, 0.25) is 0 Å². The molecule has 1 amide bonds. The number of piperidine rings is 1. The van der Waals surface area contributed by atoms with Crippen LogP contribution < -0.4 is 5.73 Å². The van der Waals surface area contributed by atoms with E-state index in [0.29, 0.717) is 17.3 Å². The summed E-state index contributed by atoms with van der Waals surface area (Å²) in [7, 11) is 0. The molecule has 0 bridgehead atoms. The van der Waals surface area contributed by atoms with Crippen LogP contribution in [0.2, 0.25) is 0 Å². The zero-order chi connectivity index (χ0) is 13.8. The summed E-state index contributed by atoms with van der Waals surface area (Å²) in [4.78, 5) is 14.7. The lowest BCUT2D eigenvalue weighted by molar-refractivity contribution is 0.0602. The van der Waals surface area contributed by atoms with Crippen LogP contribution in [-0.4, -0.2) is 23.4 Å². The first-order valence-corrected chi connectivity index (χ1v) is 7.30. The molecule has 0 spiro atoms. The summed E-state index contributed by atoms with van der Waals surface area (Å²) >= 11 is 0. The van der Waals surface area contributed by atoms with Crippen LogP contribution in [0.5, 0.6) is 0 Å². The molecule has 3 heteroatoms. The molecule has 1 aliphatic heterocycles. The number of rotatable bonds is 3. The Kier molecular flexibility index (Phi) is 4.46. The molecule has 104 valence electrons. The molecule has 2 N–H and O–H groups in total. The summed E-state index contributed by atoms with van der Waals surface area (Å²) < 4.78 is 0. The van der Waals surface area contributed by atoms with Crippen LogP contribution in [0, 0.1) is 6.92 Å². The molecule has 1 atom stereocenters. The van der Waals surface area contributed by atoms with Gasteiger partial charge in [0.05, 0.1) is 5.56 Å². The van der Waals surface area contributed by atoms with E-state index < -0.39 is 0 Å². The molecule has 2 rings (SSSR count). The Bertz CT molecular complexity index is 454. The van der Waals surface area contributed by atoms with Gasteiger partial charge in [-0.25, -0.2) is 0 Å². The van der Waals surface area contributed by atoms with Crippen LogP contribution in [0.15, 0.2) is 18.2 Å². The topological polar surface area (TPSA) is 46.3 Å². The number of benzene rings is 1. The predicted octanol–water partition coefficient (Wildman–Crippen LogP) is 3.37. The summed E-state index contributed by atoms with van der Waals surface area (Å²) in [5, 5.41) is 0. The maximum absolute atomic E-state index is 12.7. The van der Waals surface area contributed by atoms with E-state index in [2.05, 4.69) is 6.92 Å². The summed E-state index contributed by atoms with van der Waals surface area (Å²) in [6.45, 7) is 5.04. The van der Waals surface area contributed by atoms with Crippen LogP contribution in [-0.2, 0) is 0 Å². The fourth-order valence-electron chi connectivity index (χ4n) is 2.93. The maximum Gasteiger partial charge on any atom is 0.256 e. The number of nitrogen functional groups attached to an aromatic ring is 1. The Morgan fingerprint density at radius 2 is 2.21 bits per heavy atom. The number of anilines is 1. The van der Waals surface area contributed by atoms with Crippen molar-refractivity contribution in [3.8, 4) is 0 Å². The van der Waals surface area contributed by atoms with Gasteiger partial charge < -0.3 is 10.6 Å². The number of carbonyl (C=O) groups is 1. The van der Waals surface area contributed by atoms with Crippen molar-refractivity contribution < 1.29 is 4.79 Å². The summed E-state index contributed by atoms with van der Waals surface area (Å²) in [6, 6.07) is 6.10. The first-order chi connectivity index (χ1) is 9.13. The van der Waals surface area contributed by atoms with Crippen molar-refractivity contribution in [2.75, 3.05) is 12.3 Å². The van der Waals surface area contributed by atoms with Crippen molar-refractivity contribution in [1.82, 2.24) is 4.90 Å². The summed E-state index contributed by atoms with van der Waals surface area (Å²) in [5.74, 6) is 0.107. The summed E-state index contributed by atoms with van der Waals surface area (Å²) in [5.41, 5.74) is 8.36. The third-order valence-corrected chi connectivity index (χ3v) is 3.95. The second-order valence-electron chi connectivity index (χ2n) is 5.53. The molecular weight excluding hydrogens is 236 g/mol. The molecule has 1 aromatic rings. The van der Waals surface area contributed by atoms with E-state index in [-0.39, 0.29) is 5.91 Å². The SMILES string of the molecule is CCCC1CCCCN1C(=O)c1ccc(C)cc1N. The number of amides is 1. The van der Waals surface area contributed by atoms with E-state index in [1.54, 1.807) is 0 Å². The van der Waals surface area contributed by atoms with Gasteiger partial charge in [0, 0.05) is 18.3 Å². The largest absolute Gasteiger partial charge is 0.398 e. The maximum atomic E-state index is 12.7. The van der Waals surface area contributed by atoms with E-state index in [0.717, 1.165) is 37.8 Å². The summed E-state index contributed by atoms with van der Waals surface area (Å²) in [6.07, 6.45) is 5.69. The minimum absolute atomic E-state index is 0.107. The Labute approximate surface area is 115 Å². The second-order valence-corrected chi connectivity index (χ2v) is 5.53. The molecule has 0 aliphatic carbocycles. The lowest BCUT2D eigenvalue weighted by atomic mass is 9.96. The minimum atomic E-state index is 0.107. The molecule has 1 heterocycles. The highest BCUT2D eigenvalue weighted by Gasteiger charge is 2.27. The first kappa shape index (κ1) is 13.9. The van der Waals surface area contributed by atoms with Crippen molar-refractivity contribution in [1.29, 1.82) is 0 Å². The van der Waals surface area contributed by atoms with Crippen LogP contribution in [0.1, 0.15) is 54.9 Å². The number of nitrogens with two attached hydrogens (primary N) is 1. The molecule has 0 aromatic heterocycles. The highest BCUT2D eigenvalue weighted by atomic mass is 16.2. The molecule has 1 fully saturated rings. The number of hydrogen-bond acceptors (Lipinski definition) is 2. The van der Waals surface area contributed by atoms with Gasteiger partial charge in [-0.05, 0) is 50.3 Å². The zero-order valence-corrected chi connectivity index (χ0v) is 12.0. The number of carbonyl (C=O) groups excluding carboxylic acids is 1. The van der Waals surface area contributed by atoms with Gasteiger partial charge in [-0.2, -0.15) is 0 Å². The molecule has 1 aliphatic rings. The van der Waals surface area contributed by atoms with Crippen molar-refractivity contribution in [2.45, 2.75) is 52.0 Å². The van der Waals surface area contributed by atoms with Crippen LogP contribution >= 0.6 is 0 Å². The molecule has 1 aromatic carbocycles. The Balaban J connectivity index is 2.21. The van der Waals surface area contributed by atoms with E-state index in [9.17, 15) is 4.79 Å². The van der Waals surface area contributed by atoms with Crippen LogP contribution in [0.3, 0.4) is 0 Å². The third kappa shape index (κ3) is 3.09. The predicted molar refractivity (Wildman–Crippen MR) is 79.2 cm³/mol. The molecular formula is C16H24N2O. The zero-order valence-electron chi connectivity index (χ0n) is 12.0. The quantitative estimate of drug-likeness (QED) is 0.847. The van der Waals surface area contributed by atoms with E-state index >= 15 is 0 Å². The Morgan fingerprint density at radius 1 is 1.42 bits per heavy atom. The van der Waals surface area contributed by atoms with Crippen molar-refractivity contribution in [2.24, 2.45) is 0 Å². The molecule has 1 unspecified atom stereocenters. The fraction of sp³-hybridized carbons (Fsp3) is 0.562. The molecule has 0 saturated carbocycles. The van der Waals surface area contributed by atoms with E-state index in [4.69, 9.17) is 5.73 Å². The molecule has 0 radical (unpaired) electrons. The first-order valence-electron chi connectivity index (χ1n) is 7.30.